The molecule has 8 heteroatoms. The van der Waals surface area contributed by atoms with E-state index in [0.29, 0.717) is 38.0 Å². The molecule has 0 saturated heterocycles. The van der Waals surface area contributed by atoms with Crippen LogP contribution in [-0.2, 0) is 0 Å². The number of nitrogens with one attached hydrogen (secondary N) is 2. The van der Waals surface area contributed by atoms with Gasteiger partial charge in [0.2, 0.25) is 5.95 Å². The van der Waals surface area contributed by atoms with Gasteiger partial charge in [-0.15, -0.1) is 0 Å². The fourth-order valence-corrected chi connectivity index (χ4v) is 2.42. The smallest absolute Gasteiger partial charge is 0.258 e. The zero-order chi connectivity index (χ0) is 17.8. The molecule has 0 radical (unpaired) electrons. The summed E-state index contributed by atoms with van der Waals surface area (Å²) < 4.78 is 0. The van der Waals surface area contributed by atoms with Gasteiger partial charge in [-0.25, -0.2) is 9.97 Å². The highest BCUT2D eigenvalue weighted by atomic mass is 35.5. The van der Waals surface area contributed by atoms with Crippen molar-refractivity contribution in [2.75, 3.05) is 10.6 Å². The maximum atomic E-state index is 12.2. The number of anilines is 3. The number of hydrogen-bond donors (Lipinski definition) is 2. The summed E-state index contributed by atoms with van der Waals surface area (Å²) in [5.41, 5.74) is 1.52. The Balaban J connectivity index is 1.70. The molecule has 3 aromatic rings. The van der Waals surface area contributed by atoms with Crippen LogP contribution in [0.2, 0.25) is 15.1 Å². The molecule has 0 saturated carbocycles. The summed E-state index contributed by atoms with van der Waals surface area (Å²) in [6.07, 6.45) is 2.83. The number of hydrogen-bond acceptors (Lipinski definition) is 4. The number of rotatable bonds is 4. The molecule has 0 atom stereocenters. The Morgan fingerprint density at radius 1 is 0.880 bits per heavy atom. The maximum Gasteiger partial charge on any atom is 0.258 e. The van der Waals surface area contributed by atoms with Crippen LogP contribution in [0.5, 0.6) is 0 Å². The molecule has 0 unspecified atom stereocenters. The van der Waals surface area contributed by atoms with Gasteiger partial charge in [-0.05, 0) is 42.5 Å². The third-order valence-electron chi connectivity index (χ3n) is 3.19. The van der Waals surface area contributed by atoms with Crippen molar-refractivity contribution in [1.29, 1.82) is 0 Å². The number of carbonyl (C=O) groups excluding carboxylic acids is 1. The van der Waals surface area contributed by atoms with E-state index in [0.717, 1.165) is 0 Å². The number of benzene rings is 2. The van der Waals surface area contributed by atoms with Crippen molar-refractivity contribution in [3.63, 3.8) is 0 Å². The Kier molecular flexibility index (Phi) is 5.38. The van der Waals surface area contributed by atoms with Gasteiger partial charge in [0.05, 0.1) is 16.3 Å². The molecule has 1 amide bonds. The molecule has 126 valence electrons. The van der Waals surface area contributed by atoms with E-state index in [2.05, 4.69) is 20.6 Å². The first-order valence-electron chi connectivity index (χ1n) is 7.12. The summed E-state index contributed by atoms with van der Waals surface area (Å²) in [5, 5.41) is 7.30. The Bertz CT molecular complexity index is 899. The minimum absolute atomic E-state index is 0.298. The van der Waals surface area contributed by atoms with Crippen LogP contribution in [0.15, 0.2) is 54.9 Å². The van der Waals surface area contributed by atoms with Gasteiger partial charge in [0.1, 0.15) is 0 Å². The third kappa shape index (κ3) is 4.60. The highest BCUT2D eigenvalue weighted by molar-refractivity contribution is 6.35. The zero-order valence-corrected chi connectivity index (χ0v) is 14.9. The lowest BCUT2D eigenvalue weighted by atomic mass is 10.3. The molecule has 0 aliphatic rings. The molecule has 1 heterocycles. The number of aromatic nitrogens is 2. The summed E-state index contributed by atoms with van der Waals surface area (Å²) >= 11 is 17.8. The van der Waals surface area contributed by atoms with E-state index in [1.54, 1.807) is 42.5 Å². The summed E-state index contributed by atoms with van der Waals surface area (Å²) in [6, 6.07) is 11.8. The Hall–Kier alpha value is -2.34. The van der Waals surface area contributed by atoms with Crippen molar-refractivity contribution in [3.8, 4) is 0 Å². The second kappa shape index (κ2) is 7.70. The van der Waals surface area contributed by atoms with Crippen LogP contribution in [0.4, 0.5) is 17.3 Å². The van der Waals surface area contributed by atoms with Crippen molar-refractivity contribution in [2.45, 2.75) is 0 Å². The molecule has 0 aliphatic heterocycles. The van der Waals surface area contributed by atoms with E-state index in [4.69, 9.17) is 34.8 Å². The second-order valence-corrected chi connectivity index (χ2v) is 6.29. The van der Waals surface area contributed by atoms with Gasteiger partial charge in [0.15, 0.2) is 0 Å². The Labute approximate surface area is 159 Å². The monoisotopic (exact) mass is 392 g/mol. The van der Waals surface area contributed by atoms with Crippen LogP contribution < -0.4 is 10.6 Å². The average molecular weight is 394 g/mol. The van der Waals surface area contributed by atoms with E-state index in [1.165, 1.54) is 12.4 Å². The van der Waals surface area contributed by atoms with Crippen molar-refractivity contribution in [1.82, 2.24) is 9.97 Å². The quantitative estimate of drug-likeness (QED) is 0.620. The van der Waals surface area contributed by atoms with Crippen LogP contribution in [-0.4, -0.2) is 15.9 Å². The van der Waals surface area contributed by atoms with Crippen molar-refractivity contribution >= 4 is 58.0 Å². The van der Waals surface area contributed by atoms with E-state index >= 15 is 0 Å². The summed E-state index contributed by atoms with van der Waals surface area (Å²) in [7, 11) is 0. The molecular formula is C17H11Cl3N4O. The minimum Gasteiger partial charge on any atom is -0.323 e. The van der Waals surface area contributed by atoms with Crippen LogP contribution in [0.1, 0.15) is 10.4 Å². The van der Waals surface area contributed by atoms with Crippen LogP contribution in [0, 0.1) is 0 Å². The van der Waals surface area contributed by atoms with Crippen LogP contribution >= 0.6 is 34.8 Å². The van der Waals surface area contributed by atoms with Crippen LogP contribution in [0.3, 0.4) is 0 Å². The van der Waals surface area contributed by atoms with E-state index in [1.807, 2.05) is 0 Å². The van der Waals surface area contributed by atoms with Crippen molar-refractivity contribution in [3.05, 3.63) is 75.5 Å². The lowest BCUT2D eigenvalue weighted by Gasteiger charge is -2.08. The van der Waals surface area contributed by atoms with Crippen molar-refractivity contribution in [2.24, 2.45) is 0 Å². The fraction of sp³-hybridized carbons (Fsp3) is 0. The van der Waals surface area contributed by atoms with Crippen molar-refractivity contribution < 1.29 is 4.79 Å². The largest absolute Gasteiger partial charge is 0.323 e. The van der Waals surface area contributed by atoms with E-state index in [9.17, 15) is 4.79 Å². The predicted octanol–water partition coefficient (Wildman–Crippen LogP) is 5.43. The number of carbonyl (C=O) groups is 1. The van der Waals surface area contributed by atoms with Gasteiger partial charge in [0, 0.05) is 28.1 Å². The van der Waals surface area contributed by atoms with Crippen LogP contribution in [0.25, 0.3) is 0 Å². The van der Waals surface area contributed by atoms with Gasteiger partial charge < -0.3 is 10.6 Å². The summed E-state index contributed by atoms with van der Waals surface area (Å²) in [6.45, 7) is 0. The molecule has 0 bridgehead atoms. The highest BCUT2D eigenvalue weighted by Crippen LogP contribution is 2.27. The lowest BCUT2D eigenvalue weighted by Crippen LogP contribution is -2.13. The third-order valence-corrected chi connectivity index (χ3v) is 4.01. The van der Waals surface area contributed by atoms with Gasteiger partial charge in [-0.1, -0.05) is 34.8 Å². The second-order valence-electron chi connectivity index (χ2n) is 5.01. The Morgan fingerprint density at radius 3 is 2.20 bits per heavy atom. The molecule has 3 rings (SSSR count). The molecule has 2 aromatic carbocycles. The molecule has 1 aromatic heterocycles. The standard InChI is InChI=1S/C17H11Cl3N4O/c18-11-1-4-13(5-2-11)23-16(25)10-8-21-17(22-9-10)24-15-7-12(19)3-6-14(15)20/h1-9H,(H,23,25)(H,21,22,24). The molecule has 0 aliphatic carbocycles. The van der Waals surface area contributed by atoms with Gasteiger partial charge >= 0.3 is 0 Å². The van der Waals surface area contributed by atoms with E-state index < -0.39 is 0 Å². The van der Waals surface area contributed by atoms with E-state index in [-0.39, 0.29) is 5.91 Å². The highest BCUT2D eigenvalue weighted by Gasteiger charge is 2.09. The Morgan fingerprint density at radius 2 is 1.52 bits per heavy atom. The topological polar surface area (TPSA) is 66.9 Å². The fourth-order valence-electron chi connectivity index (χ4n) is 1.96. The van der Waals surface area contributed by atoms with Gasteiger partial charge in [-0.3, -0.25) is 4.79 Å². The average Bonchev–Trinajstić information content (AvgIpc) is 2.61. The van der Waals surface area contributed by atoms with Gasteiger partial charge in [-0.2, -0.15) is 0 Å². The number of nitrogens with zero attached hydrogens (tertiary/aromatic N) is 2. The molecule has 5 nitrogen and oxygen atoms in total. The summed E-state index contributed by atoms with van der Waals surface area (Å²) in [4.78, 5) is 20.4. The first-order valence-corrected chi connectivity index (χ1v) is 8.26. The maximum absolute atomic E-state index is 12.2. The molecule has 2 N–H and O–H groups in total. The first kappa shape index (κ1) is 17.5. The zero-order valence-electron chi connectivity index (χ0n) is 12.6. The number of halogens is 3. The SMILES string of the molecule is O=C(Nc1ccc(Cl)cc1)c1cnc(Nc2cc(Cl)ccc2Cl)nc1. The predicted molar refractivity (Wildman–Crippen MR) is 101 cm³/mol. The summed E-state index contributed by atoms with van der Waals surface area (Å²) in [5.74, 6) is -0.0260. The first-order chi connectivity index (χ1) is 12.0. The lowest BCUT2D eigenvalue weighted by molar-refractivity contribution is 0.102. The molecular weight excluding hydrogens is 383 g/mol. The molecule has 0 fully saturated rings. The minimum atomic E-state index is -0.324. The molecule has 25 heavy (non-hydrogen) atoms. The number of amides is 1. The van der Waals surface area contributed by atoms with Gasteiger partial charge in [0.25, 0.3) is 5.91 Å². The molecule has 0 spiro atoms. The normalized spacial score (nSPS) is 10.4.